The Morgan fingerprint density at radius 3 is 2.67 bits per heavy atom. The quantitative estimate of drug-likeness (QED) is 0.694. The molecule has 4 rings (SSSR count). The number of aromatic nitrogens is 2. The topological polar surface area (TPSA) is 55.2 Å². The molecule has 0 aliphatic carbocycles. The molecule has 0 N–H and O–H groups in total. The highest BCUT2D eigenvalue weighted by molar-refractivity contribution is 7.17. The van der Waals surface area contributed by atoms with Crippen molar-refractivity contribution in [3.63, 3.8) is 0 Å². The molecule has 1 saturated heterocycles. The Morgan fingerprint density at radius 2 is 1.93 bits per heavy atom. The zero-order chi connectivity index (χ0) is 19.0. The van der Waals surface area contributed by atoms with Gasteiger partial charge in [-0.25, -0.2) is 4.98 Å². The fourth-order valence-electron chi connectivity index (χ4n) is 3.59. The summed E-state index contributed by atoms with van der Waals surface area (Å²) in [5.74, 6) is 0.000843. The number of rotatable bonds is 3. The van der Waals surface area contributed by atoms with Gasteiger partial charge in [-0.3, -0.25) is 14.2 Å². The average molecular weight is 382 g/mol. The van der Waals surface area contributed by atoms with Gasteiger partial charge in [0.15, 0.2) is 0 Å². The molecule has 0 atom stereocenters. The highest BCUT2D eigenvalue weighted by Crippen LogP contribution is 2.31. The summed E-state index contributed by atoms with van der Waals surface area (Å²) in [5, 5.41) is 2.59. The van der Waals surface area contributed by atoms with E-state index >= 15 is 0 Å². The SMILES string of the molecule is Cc1ccc(-c2csc3ncn(CC(=O)N4CCCCC4)c(=O)c23)cc1C. The van der Waals surface area contributed by atoms with Crippen molar-refractivity contribution >= 4 is 27.5 Å². The van der Waals surface area contributed by atoms with E-state index in [1.165, 1.54) is 39.8 Å². The van der Waals surface area contributed by atoms with Crippen LogP contribution in [0.5, 0.6) is 0 Å². The Morgan fingerprint density at radius 1 is 1.15 bits per heavy atom. The van der Waals surface area contributed by atoms with Gasteiger partial charge in [0.1, 0.15) is 11.4 Å². The number of likely N-dealkylation sites (tertiary alicyclic amines) is 1. The summed E-state index contributed by atoms with van der Waals surface area (Å²) < 4.78 is 1.45. The predicted octanol–water partition coefficient (Wildman–Crippen LogP) is 3.75. The number of thiophene rings is 1. The maximum absolute atomic E-state index is 13.1. The monoisotopic (exact) mass is 381 g/mol. The second-order valence-electron chi connectivity index (χ2n) is 7.25. The third kappa shape index (κ3) is 3.41. The zero-order valence-electron chi connectivity index (χ0n) is 15.7. The molecule has 0 spiro atoms. The van der Waals surface area contributed by atoms with Crippen molar-refractivity contribution in [1.82, 2.24) is 14.5 Å². The molecule has 1 aliphatic rings. The molecular formula is C21H23N3O2S. The van der Waals surface area contributed by atoms with Gasteiger partial charge < -0.3 is 4.90 Å². The van der Waals surface area contributed by atoms with E-state index in [1.807, 2.05) is 16.3 Å². The standard InChI is InChI=1S/C21H23N3O2S/c1-14-6-7-16(10-15(14)2)17-12-27-20-19(17)21(26)24(13-22-20)11-18(25)23-8-4-3-5-9-23/h6-7,10,12-13H,3-5,8-9,11H2,1-2H3. The minimum absolute atomic E-state index is 0.000843. The summed E-state index contributed by atoms with van der Waals surface area (Å²) >= 11 is 1.47. The predicted molar refractivity (Wildman–Crippen MR) is 109 cm³/mol. The van der Waals surface area contributed by atoms with Gasteiger partial charge in [-0.1, -0.05) is 18.2 Å². The Balaban J connectivity index is 1.71. The van der Waals surface area contributed by atoms with E-state index in [2.05, 4.69) is 31.0 Å². The number of benzene rings is 1. The number of hydrogen-bond donors (Lipinski definition) is 0. The molecule has 1 fully saturated rings. The zero-order valence-corrected chi connectivity index (χ0v) is 16.5. The van der Waals surface area contributed by atoms with Crippen LogP contribution in [0.1, 0.15) is 30.4 Å². The number of aryl methyl sites for hydroxylation is 2. The fourth-order valence-corrected chi connectivity index (χ4v) is 4.50. The maximum Gasteiger partial charge on any atom is 0.263 e. The Labute approximate surface area is 162 Å². The first-order chi connectivity index (χ1) is 13.0. The summed E-state index contributed by atoms with van der Waals surface area (Å²) in [6, 6.07) is 6.22. The van der Waals surface area contributed by atoms with Crippen molar-refractivity contribution in [3.05, 3.63) is 51.4 Å². The molecule has 3 aromatic rings. The van der Waals surface area contributed by atoms with Gasteiger partial charge in [0.05, 0.1) is 11.7 Å². The molecule has 27 heavy (non-hydrogen) atoms. The van der Waals surface area contributed by atoms with Gasteiger partial charge in [-0.15, -0.1) is 11.3 Å². The minimum atomic E-state index is -0.139. The van der Waals surface area contributed by atoms with Crippen LogP contribution in [0.15, 0.2) is 34.7 Å². The van der Waals surface area contributed by atoms with E-state index in [9.17, 15) is 9.59 Å². The lowest BCUT2D eigenvalue weighted by molar-refractivity contribution is -0.132. The molecule has 6 heteroatoms. The molecule has 1 aliphatic heterocycles. The molecule has 0 bridgehead atoms. The van der Waals surface area contributed by atoms with Gasteiger partial charge >= 0.3 is 0 Å². The van der Waals surface area contributed by atoms with Crippen LogP contribution in [-0.4, -0.2) is 33.4 Å². The Bertz CT molecular complexity index is 1060. The van der Waals surface area contributed by atoms with E-state index in [-0.39, 0.29) is 18.0 Å². The Hall–Kier alpha value is -2.47. The summed E-state index contributed by atoms with van der Waals surface area (Å²) in [6.07, 6.45) is 4.76. The van der Waals surface area contributed by atoms with Gasteiger partial charge in [0, 0.05) is 24.0 Å². The number of nitrogens with zero attached hydrogens (tertiary/aromatic N) is 3. The van der Waals surface area contributed by atoms with Crippen molar-refractivity contribution in [3.8, 4) is 11.1 Å². The highest BCUT2D eigenvalue weighted by Gasteiger charge is 2.19. The fraction of sp³-hybridized carbons (Fsp3) is 0.381. The van der Waals surface area contributed by atoms with Gasteiger partial charge in [-0.2, -0.15) is 0 Å². The van der Waals surface area contributed by atoms with Gasteiger partial charge in [0.2, 0.25) is 5.91 Å². The second kappa shape index (κ2) is 7.27. The number of carbonyl (C=O) groups is 1. The van der Waals surface area contributed by atoms with E-state index in [4.69, 9.17) is 0 Å². The lowest BCUT2D eigenvalue weighted by atomic mass is 10.0. The van der Waals surface area contributed by atoms with Crippen molar-refractivity contribution in [2.45, 2.75) is 39.7 Å². The van der Waals surface area contributed by atoms with Crippen molar-refractivity contribution in [1.29, 1.82) is 0 Å². The third-order valence-corrected chi connectivity index (χ3v) is 6.28. The first-order valence-corrected chi connectivity index (χ1v) is 10.2. The van der Waals surface area contributed by atoms with Gasteiger partial charge in [0.25, 0.3) is 5.56 Å². The molecule has 0 saturated carbocycles. The molecule has 0 unspecified atom stereocenters. The summed E-state index contributed by atoms with van der Waals surface area (Å²) in [4.78, 5) is 32.7. The normalized spacial score (nSPS) is 14.7. The van der Waals surface area contributed by atoms with Crippen LogP contribution >= 0.6 is 11.3 Å². The van der Waals surface area contributed by atoms with Crippen LogP contribution in [0.3, 0.4) is 0 Å². The van der Waals surface area contributed by atoms with E-state index in [0.717, 1.165) is 41.9 Å². The molecule has 3 heterocycles. The minimum Gasteiger partial charge on any atom is -0.341 e. The maximum atomic E-state index is 13.1. The lowest BCUT2D eigenvalue weighted by Gasteiger charge is -2.26. The van der Waals surface area contributed by atoms with Crippen LogP contribution < -0.4 is 5.56 Å². The summed E-state index contributed by atoms with van der Waals surface area (Å²) in [5.41, 5.74) is 4.19. The van der Waals surface area contributed by atoms with Crippen molar-refractivity contribution in [2.75, 3.05) is 13.1 Å². The van der Waals surface area contributed by atoms with Crippen LogP contribution in [-0.2, 0) is 11.3 Å². The first kappa shape index (κ1) is 17.9. The van der Waals surface area contributed by atoms with E-state index < -0.39 is 0 Å². The third-order valence-electron chi connectivity index (χ3n) is 5.39. The summed E-state index contributed by atoms with van der Waals surface area (Å²) in [6.45, 7) is 5.78. The number of amides is 1. The van der Waals surface area contributed by atoms with Gasteiger partial charge in [-0.05, 0) is 49.8 Å². The molecule has 1 aromatic carbocycles. The molecule has 1 amide bonds. The smallest absolute Gasteiger partial charge is 0.263 e. The molecule has 140 valence electrons. The highest BCUT2D eigenvalue weighted by atomic mass is 32.1. The largest absolute Gasteiger partial charge is 0.341 e. The van der Waals surface area contributed by atoms with Crippen LogP contribution in [0.2, 0.25) is 0 Å². The number of fused-ring (bicyclic) bond motifs is 1. The Kier molecular flexibility index (Phi) is 4.83. The lowest BCUT2D eigenvalue weighted by Crippen LogP contribution is -2.39. The molecule has 0 radical (unpaired) electrons. The molecule has 5 nitrogen and oxygen atoms in total. The van der Waals surface area contributed by atoms with Crippen molar-refractivity contribution in [2.24, 2.45) is 0 Å². The van der Waals surface area contributed by atoms with Crippen LogP contribution in [0.25, 0.3) is 21.3 Å². The van der Waals surface area contributed by atoms with Crippen molar-refractivity contribution < 1.29 is 4.79 Å². The molecular weight excluding hydrogens is 358 g/mol. The average Bonchev–Trinajstić information content (AvgIpc) is 3.12. The molecule has 2 aromatic heterocycles. The van der Waals surface area contributed by atoms with Crippen LogP contribution in [0.4, 0.5) is 0 Å². The number of carbonyl (C=O) groups excluding carboxylic acids is 1. The van der Waals surface area contributed by atoms with E-state index in [0.29, 0.717) is 5.39 Å². The first-order valence-electron chi connectivity index (χ1n) is 9.36. The number of hydrogen-bond acceptors (Lipinski definition) is 4. The summed E-state index contributed by atoms with van der Waals surface area (Å²) in [7, 11) is 0. The second-order valence-corrected chi connectivity index (χ2v) is 8.11. The number of piperidine rings is 1. The van der Waals surface area contributed by atoms with Crippen LogP contribution in [0, 0.1) is 13.8 Å². The van der Waals surface area contributed by atoms with E-state index in [1.54, 1.807) is 0 Å².